The summed E-state index contributed by atoms with van der Waals surface area (Å²) in [7, 11) is 0. The molecular weight excluding hydrogens is 480 g/mol. The molecule has 3 aromatic rings. The van der Waals surface area contributed by atoms with Crippen LogP contribution < -0.4 is 14.8 Å². The van der Waals surface area contributed by atoms with Crippen LogP contribution in [0.2, 0.25) is 0 Å². The molecule has 1 amide bonds. The first-order valence-corrected chi connectivity index (χ1v) is 13.3. The number of nitrogens with zero attached hydrogens (tertiary/aromatic N) is 1. The molecule has 0 radical (unpaired) electrons. The first kappa shape index (κ1) is 28.7. The minimum atomic E-state index is -0.199. The first-order chi connectivity index (χ1) is 18.3. The topological polar surface area (TPSA) is 97.8 Å². The van der Waals surface area contributed by atoms with E-state index in [1.807, 2.05) is 45.2 Å². The highest BCUT2D eigenvalue weighted by molar-refractivity contribution is 5.98. The maximum absolute atomic E-state index is 13.2. The number of carbonyl (C=O) groups is 2. The van der Waals surface area contributed by atoms with Gasteiger partial charge in [0.25, 0.3) is 5.91 Å². The van der Waals surface area contributed by atoms with Crippen molar-refractivity contribution in [2.45, 2.75) is 72.4 Å². The molecule has 0 bridgehead atoms. The average Bonchev–Trinajstić information content (AvgIpc) is 2.90. The second-order valence-corrected chi connectivity index (χ2v) is 9.39. The SMILES string of the molecule is CCCc1c(OCc2cccc(C(=O)NC(C)CCCc3cccnc3)c2OCC)ccc(C(C)=O)c1O. The second kappa shape index (κ2) is 14.2. The molecule has 1 atom stereocenters. The Morgan fingerprint density at radius 2 is 1.84 bits per heavy atom. The van der Waals surface area contributed by atoms with Crippen molar-refractivity contribution < 1.29 is 24.2 Å². The van der Waals surface area contributed by atoms with Gasteiger partial charge in [-0.15, -0.1) is 0 Å². The lowest BCUT2D eigenvalue weighted by molar-refractivity contribution is 0.0933. The van der Waals surface area contributed by atoms with Gasteiger partial charge in [-0.2, -0.15) is 0 Å². The van der Waals surface area contributed by atoms with Crippen molar-refractivity contribution in [2.24, 2.45) is 0 Å². The highest BCUT2D eigenvalue weighted by atomic mass is 16.5. The van der Waals surface area contributed by atoms with Crippen LogP contribution in [-0.2, 0) is 19.4 Å². The van der Waals surface area contributed by atoms with Gasteiger partial charge in [0.1, 0.15) is 23.9 Å². The van der Waals surface area contributed by atoms with Crippen LogP contribution in [0.1, 0.15) is 84.4 Å². The van der Waals surface area contributed by atoms with Crippen molar-refractivity contribution in [3.8, 4) is 17.2 Å². The van der Waals surface area contributed by atoms with Crippen LogP contribution in [0, 0.1) is 0 Å². The molecule has 0 fully saturated rings. The Kier molecular flexibility index (Phi) is 10.7. The predicted octanol–water partition coefficient (Wildman–Crippen LogP) is 6.06. The van der Waals surface area contributed by atoms with Crippen LogP contribution in [0.15, 0.2) is 54.9 Å². The van der Waals surface area contributed by atoms with E-state index in [0.29, 0.717) is 35.7 Å². The third kappa shape index (κ3) is 7.57. The molecule has 1 aromatic heterocycles. The lowest BCUT2D eigenvalue weighted by Crippen LogP contribution is -2.33. The van der Waals surface area contributed by atoms with Crippen LogP contribution in [-0.4, -0.2) is 34.4 Å². The second-order valence-electron chi connectivity index (χ2n) is 9.39. The number of benzene rings is 2. The summed E-state index contributed by atoms with van der Waals surface area (Å²) in [6.45, 7) is 7.84. The molecule has 1 unspecified atom stereocenters. The number of hydrogen-bond donors (Lipinski definition) is 2. The van der Waals surface area contributed by atoms with Crippen molar-refractivity contribution in [1.82, 2.24) is 10.3 Å². The quantitative estimate of drug-likeness (QED) is 0.252. The standard InChI is InChI=1S/C31H38N2O5/c1-5-10-26-28(17-16-25(22(4)34)29(26)35)38-20-24-14-8-15-27(30(24)37-6-2)31(36)33-21(3)11-7-12-23-13-9-18-32-19-23/h8-9,13-19,21,35H,5-7,10-12,20H2,1-4H3,(H,33,36). The zero-order valence-electron chi connectivity index (χ0n) is 22.8. The largest absolute Gasteiger partial charge is 0.507 e. The number of pyridine rings is 1. The Balaban J connectivity index is 1.72. The highest BCUT2D eigenvalue weighted by Crippen LogP contribution is 2.34. The molecule has 1 heterocycles. The molecule has 38 heavy (non-hydrogen) atoms. The minimum Gasteiger partial charge on any atom is -0.507 e. The number of phenolic OH excluding ortho intramolecular Hbond substituents is 1. The molecule has 2 N–H and O–H groups in total. The molecule has 3 rings (SSSR count). The fourth-order valence-electron chi connectivity index (χ4n) is 4.41. The molecule has 0 saturated heterocycles. The van der Waals surface area contributed by atoms with Crippen molar-refractivity contribution in [3.63, 3.8) is 0 Å². The molecule has 0 aliphatic carbocycles. The number of amides is 1. The zero-order chi connectivity index (χ0) is 27.5. The number of rotatable bonds is 14. The Morgan fingerprint density at radius 3 is 2.53 bits per heavy atom. The number of nitrogens with one attached hydrogen (secondary N) is 1. The number of hydrogen-bond acceptors (Lipinski definition) is 6. The zero-order valence-corrected chi connectivity index (χ0v) is 22.8. The predicted molar refractivity (Wildman–Crippen MR) is 148 cm³/mol. The Bertz CT molecular complexity index is 1230. The molecular formula is C31H38N2O5. The number of ketones is 1. The minimum absolute atomic E-state index is 0.00655. The third-order valence-corrected chi connectivity index (χ3v) is 6.33. The van der Waals surface area contributed by atoms with E-state index in [4.69, 9.17) is 9.47 Å². The van der Waals surface area contributed by atoms with Gasteiger partial charge >= 0.3 is 0 Å². The lowest BCUT2D eigenvalue weighted by atomic mass is 10.0. The fourth-order valence-corrected chi connectivity index (χ4v) is 4.41. The van der Waals surface area contributed by atoms with Gasteiger partial charge in [-0.1, -0.05) is 31.5 Å². The van der Waals surface area contributed by atoms with Crippen molar-refractivity contribution in [2.75, 3.05) is 6.61 Å². The summed E-state index contributed by atoms with van der Waals surface area (Å²) in [5.74, 6) is 0.562. The maximum atomic E-state index is 13.2. The summed E-state index contributed by atoms with van der Waals surface area (Å²) in [5, 5.41) is 13.7. The van der Waals surface area contributed by atoms with E-state index in [0.717, 1.165) is 31.2 Å². The number of para-hydroxylation sites is 1. The van der Waals surface area contributed by atoms with E-state index in [1.165, 1.54) is 12.5 Å². The van der Waals surface area contributed by atoms with Gasteiger partial charge in [0.05, 0.1) is 17.7 Å². The van der Waals surface area contributed by atoms with Gasteiger partial charge in [-0.25, -0.2) is 0 Å². The van der Waals surface area contributed by atoms with E-state index >= 15 is 0 Å². The van der Waals surface area contributed by atoms with Crippen LogP contribution in [0.25, 0.3) is 0 Å². The van der Waals surface area contributed by atoms with E-state index in [1.54, 1.807) is 24.4 Å². The van der Waals surface area contributed by atoms with Gasteiger partial charge in [-0.3, -0.25) is 14.6 Å². The molecule has 0 saturated carbocycles. The van der Waals surface area contributed by atoms with Gasteiger partial charge in [-0.05, 0) is 76.3 Å². The summed E-state index contributed by atoms with van der Waals surface area (Å²) in [4.78, 5) is 29.2. The smallest absolute Gasteiger partial charge is 0.255 e. The number of Topliss-reactive ketones (excluding diaryl/α,β-unsaturated/α-hetero) is 1. The molecule has 7 heteroatoms. The van der Waals surface area contributed by atoms with Crippen molar-refractivity contribution in [1.29, 1.82) is 0 Å². The van der Waals surface area contributed by atoms with Crippen molar-refractivity contribution in [3.05, 3.63) is 82.7 Å². The Morgan fingerprint density at radius 1 is 1.03 bits per heavy atom. The van der Waals surface area contributed by atoms with Crippen LogP contribution >= 0.6 is 0 Å². The van der Waals surface area contributed by atoms with Gasteiger partial charge in [0.2, 0.25) is 0 Å². The number of ether oxygens (including phenoxy) is 2. The van der Waals surface area contributed by atoms with Crippen molar-refractivity contribution >= 4 is 11.7 Å². The van der Waals surface area contributed by atoms with Gasteiger partial charge in [0, 0.05) is 29.6 Å². The van der Waals surface area contributed by atoms with Gasteiger partial charge in [0.15, 0.2) is 5.78 Å². The molecule has 2 aromatic carbocycles. The molecule has 0 aliphatic heterocycles. The normalized spacial score (nSPS) is 11.6. The van der Waals surface area contributed by atoms with Gasteiger partial charge < -0.3 is 19.9 Å². The molecule has 202 valence electrons. The number of carbonyl (C=O) groups excluding carboxylic acids is 2. The first-order valence-electron chi connectivity index (χ1n) is 13.3. The van der Waals surface area contributed by atoms with E-state index in [9.17, 15) is 14.7 Å². The van der Waals surface area contributed by atoms with Crippen LogP contribution in [0.4, 0.5) is 0 Å². The third-order valence-electron chi connectivity index (χ3n) is 6.33. The lowest BCUT2D eigenvalue weighted by Gasteiger charge is -2.19. The summed E-state index contributed by atoms with van der Waals surface area (Å²) < 4.78 is 12.0. The molecule has 7 nitrogen and oxygen atoms in total. The number of phenols is 1. The van der Waals surface area contributed by atoms with Crippen LogP contribution in [0.5, 0.6) is 17.2 Å². The molecule has 0 aliphatic rings. The number of aromatic nitrogens is 1. The summed E-state index contributed by atoms with van der Waals surface area (Å²) >= 11 is 0. The monoisotopic (exact) mass is 518 g/mol. The maximum Gasteiger partial charge on any atom is 0.255 e. The number of aromatic hydroxyl groups is 1. The van der Waals surface area contributed by atoms with E-state index < -0.39 is 0 Å². The highest BCUT2D eigenvalue weighted by Gasteiger charge is 2.20. The van der Waals surface area contributed by atoms with E-state index in [-0.39, 0.29) is 35.7 Å². The fraction of sp³-hybridized carbons (Fsp3) is 0.387. The average molecular weight is 519 g/mol. The summed E-state index contributed by atoms with van der Waals surface area (Å²) in [6.07, 6.45) is 7.68. The Hall–Kier alpha value is -3.87. The summed E-state index contributed by atoms with van der Waals surface area (Å²) in [5.41, 5.74) is 3.25. The van der Waals surface area contributed by atoms with Crippen LogP contribution in [0.3, 0.4) is 0 Å². The molecule has 0 spiro atoms. The van der Waals surface area contributed by atoms with E-state index in [2.05, 4.69) is 16.4 Å². The summed E-state index contributed by atoms with van der Waals surface area (Å²) in [6, 6.07) is 12.7. The Labute approximate surface area is 225 Å². The number of aryl methyl sites for hydroxylation is 1.